The third-order valence-electron chi connectivity index (χ3n) is 3.07. The van der Waals surface area contributed by atoms with E-state index < -0.39 is 5.60 Å². The Bertz CT molecular complexity index is 581. The topological polar surface area (TPSA) is 106 Å². The molecule has 0 radical (unpaired) electrons. The molecule has 1 atom stereocenters. The van der Waals surface area contributed by atoms with Crippen molar-refractivity contribution in [3.63, 3.8) is 0 Å². The van der Waals surface area contributed by atoms with Gasteiger partial charge in [0.25, 0.3) is 5.95 Å². The van der Waals surface area contributed by atoms with Gasteiger partial charge in [0.2, 0.25) is 11.9 Å². The monoisotopic (exact) mass is 261 g/mol. The van der Waals surface area contributed by atoms with Gasteiger partial charge in [0, 0.05) is 25.5 Å². The van der Waals surface area contributed by atoms with E-state index in [1.807, 2.05) is 4.90 Å². The van der Waals surface area contributed by atoms with Crippen LogP contribution in [0, 0.1) is 0 Å². The number of nitrogens with zero attached hydrogens (tertiary/aromatic N) is 6. The maximum Gasteiger partial charge on any atom is 0.257 e. The lowest BCUT2D eigenvalue weighted by molar-refractivity contribution is 0.0838. The summed E-state index contributed by atoms with van der Waals surface area (Å²) in [7, 11) is 0. The summed E-state index contributed by atoms with van der Waals surface area (Å²) in [6.45, 7) is 2.97. The number of anilines is 2. The number of hydrogen-bond acceptors (Lipinski definition) is 7. The lowest BCUT2D eigenvalue weighted by atomic mass is 10.1. The smallest absolute Gasteiger partial charge is 0.257 e. The second kappa shape index (κ2) is 4.16. The van der Waals surface area contributed by atoms with Gasteiger partial charge in [-0.3, -0.25) is 0 Å². The molecule has 0 spiro atoms. The molecule has 8 nitrogen and oxygen atoms in total. The number of aromatic nitrogens is 5. The third kappa shape index (κ3) is 2.34. The molecule has 1 saturated heterocycles. The molecule has 1 unspecified atom stereocenters. The quantitative estimate of drug-likeness (QED) is 0.757. The predicted molar refractivity (Wildman–Crippen MR) is 68.8 cm³/mol. The molecule has 0 aromatic carbocycles. The van der Waals surface area contributed by atoms with Crippen LogP contribution in [0.1, 0.15) is 13.3 Å². The van der Waals surface area contributed by atoms with Crippen molar-refractivity contribution in [2.24, 2.45) is 0 Å². The molecule has 1 aliphatic heterocycles. The van der Waals surface area contributed by atoms with Crippen LogP contribution in [-0.2, 0) is 0 Å². The predicted octanol–water partition coefficient (Wildman–Crippen LogP) is -0.399. The summed E-state index contributed by atoms with van der Waals surface area (Å²) < 4.78 is 1.52. The van der Waals surface area contributed by atoms with Crippen LogP contribution in [0.25, 0.3) is 5.95 Å². The maximum atomic E-state index is 9.99. The molecular formula is C11H15N7O. The normalized spacial score (nSPS) is 22.9. The van der Waals surface area contributed by atoms with Gasteiger partial charge >= 0.3 is 0 Å². The van der Waals surface area contributed by atoms with Crippen molar-refractivity contribution < 1.29 is 5.11 Å². The van der Waals surface area contributed by atoms with Gasteiger partial charge in [-0.05, 0) is 19.4 Å². The van der Waals surface area contributed by atoms with Crippen LogP contribution in [0.3, 0.4) is 0 Å². The Labute approximate surface area is 109 Å². The standard InChI is InChI=1S/C11H15N7O/c1-11(19)3-6-17(7-11)9-14-8(12)15-10(16-9)18-5-2-4-13-18/h2,4-5,19H,3,6-7H2,1H3,(H2,12,14,15,16). The summed E-state index contributed by atoms with van der Waals surface area (Å²) in [6, 6.07) is 1.78. The lowest BCUT2D eigenvalue weighted by Crippen LogP contribution is -2.31. The van der Waals surface area contributed by atoms with Crippen molar-refractivity contribution in [3.8, 4) is 5.95 Å². The van der Waals surface area contributed by atoms with Gasteiger partial charge in [-0.2, -0.15) is 20.1 Å². The molecule has 3 rings (SSSR count). The van der Waals surface area contributed by atoms with Gasteiger partial charge in [-0.15, -0.1) is 0 Å². The minimum atomic E-state index is -0.715. The molecule has 0 aliphatic carbocycles. The van der Waals surface area contributed by atoms with Crippen LogP contribution in [0.5, 0.6) is 0 Å². The average molecular weight is 261 g/mol. The van der Waals surface area contributed by atoms with Gasteiger partial charge in [-0.1, -0.05) is 0 Å². The molecule has 3 heterocycles. The van der Waals surface area contributed by atoms with Crippen LogP contribution in [0.15, 0.2) is 18.5 Å². The third-order valence-corrected chi connectivity index (χ3v) is 3.07. The molecule has 1 fully saturated rings. The Hall–Kier alpha value is -2.22. The molecule has 0 amide bonds. The first kappa shape index (κ1) is 11.8. The number of aliphatic hydroxyl groups is 1. The second-order valence-corrected chi connectivity index (χ2v) is 4.91. The summed E-state index contributed by atoms with van der Waals surface area (Å²) in [5.41, 5.74) is 4.99. The number of nitrogen functional groups attached to an aromatic ring is 1. The molecule has 100 valence electrons. The Kier molecular flexibility index (Phi) is 2.59. The molecular weight excluding hydrogens is 246 g/mol. The van der Waals surface area contributed by atoms with Gasteiger partial charge in [0.1, 0.15) is 0 Å². The van der Waals surface area contributed by atoms with Crippen molar-refractivity contribution in [1.29, 1.82) is 0 Å². The van der Waals surface area contributed by atoms with Crippen LogP contribution in [-0.4, -0.2) is 48.5 Å². The number of hydrogen-bond donors (Lipinski definition) is 2. The van der Waals surface area contributed by atoms with E-state index in [2.05, 4.69) is 20.1 Å². The first-order chi connectivity index (χ1) is 9.03. The number of β-amino-alcohol motifs (C(OH)–C–C–N with tert-alkyl or cyclic N) is 1. The first-order valence-electron chi connectivity index (χ1n) is 6.02. The van der Waals surface area contributed by atoms with E-state index in [9.17, 15) is 5.11 Å². The minimum Gasteiger partial charge on any atom is -0.388 e. The fourth-order valence-electron chi connectivity index (χ4n) is 2.12. The highest BCUT2D eigenvalue weighted by molar-refractivity contribution is 5.39. The Morgan fingerprint density at radius 1 is 1.32 bits per heavy atom. The van der Waals surface area contributed by atoms with Crippen molar-refractivity contribution in [2.45, 2.75) is 18.9 Å². The van der Waals surface area contributed by atoms with Gasteiger partial charge in [0.15, 0.2) is 0 Å². The summed E-state index contributed by atoms with van der Waals surface area (Å²) in [4.78, 5) is 14.4. The van der Waals surface area contributed by atoms with E-state index in [-0.39, 0.29) is 5.95 Å². The molecule has 3 N–H and O–H groups in total. The zero-order chi connectivity index (χ0) is 13.5. The molecule has 19 heavy (non-hydrogen) atoms. The maximum absolute atomic E-state index is 9.99. The van der Waals surface area contributed by atoms with Crippen molar-refractivity contribution in [2.75, 3.05) is 23.7 Å². The lowest BCUT2D eigenvalue weighted by Gasteiger charge is -2.19. The van der Waals surface area contributed by atoms with E-state index in [1.54, 1.807) is 25.4 Å². The summed E-state index contributed by atoms with van der Waals surface area (Å²) in [5, 5.41) is 14.1. The first-order valence-corrected chi connectivity index (χ1v) is 6.02. The van der Waals surface area contributed by atoms with Gasteiger partial charge < -0.3 is 15.7 Å². The largest absolute Gasteiger partial charge is 0.388 e. The van der Waals surface area contributed by atoms with Crippen molar-refractivity contribution in [3.05, 3.63) is 18.5 Å². The SMILES string of the molecule is CC1(O)CCN(c2nc(N)nc(-n3cccn3)n2)C1. The summed E-state index contributed by atoms with van der Waals surface area (Å²) in [5.74, 6) is 0.983. The molecule has 1 aliphatic rings. The van der Waals surface area contributed by atoms with Crippen LogP contribution >= 0.6 is 0 Å². The second-order valence-electron chi connectivity index (χ2n) is 4.91. The van der Waals surface area contributed by atoms with E-state index >= 15 is 0 Å². The average Bonchev–Trinajstić information content (AvgIpc) is 2.97. The van der Waals surface area contributed by atoms with E-state index in [4.69, 9.17) is 5.73 Å². The van der Waals surface area contributed by atoms with Crippen LogP contribution < -0.4 is 10.6 Å². The Morgan fingerprint density at radius 2 is 2.11 bits per heavy atom. The van der Waals surface area contributed by atoms with Gasteiger partial charge in [0.05, 0.1) is 5.60 Å². The number of rotatable bonds is 2. The zero-order valence-electron chi connectivity index (χ0n) is 10.6. The zero-order valence-corrected chi connectivity index (χ0v) is 10.6. The van der Waals surface area contributed by atoms with Crippen molar-refractivity contribution >= 4 is 11.9 Å². The van der Waals surface area contributed by atoms with E-state index in [0.29, 0.717) is 31.4 Å². The Balaban J connectivity index is 1.95. The Morgan fingerprint density at radius 3 is 2.74 bits per heavy atom. The summed E-state index contributed by atoms with van der Waals surface area (Å²) in [6.07, 6.45) is 4.05. The molecule has 2 aromatic heterocycles. The van der Waals surface area contributed by atoms with E-state index in [0.717, 1.165) is 0 Å². The van der Waals surface area contributed by atoms with Gasteiger partial charge in [-0.25, -0.2) is 4.68 Å². The fraction of sp³-hybridized carbons (Fsp3) is 0.455. The minimum absolute atomic E-state index is 0.141. The fourth-order valence-corrected chi connectivity index (χ4v) is 2.12. The summed E-state index contributed by atoms with van der Waals surface area (Å²) >= 11 is 0. The van der Waals surface area contributed by atoms with E-state index in [1.165, 1.54) is 4.68 Å². The van der Waals surface area contributed by atoms with Crippen molar-refractivity contribution in [1.82, 2.24) is 24.7 Å². The molecule has 0 saturated carbocycles. The highest BCUT2D eigenvalue weighted by atomic mass is 16.3. The highest BCUT2D eigenvalue weighted by Gasteiger charge is 2.33. The molecule has 2 aromatic rings. The molecule has 8 heteroatoms. The molecule has 0 bridgehead atoms. The van der Waals surface area contributed by atoms with Crippen LogP contribution in [0.2, 0.25) is 0 Å². The highest BCUT2D eigenvalue weighted by Crippen LogP contribution is 2.24. The number of nitrogens with two attached hydrogens (primary N) is 1. The van der Waals surface area contributed by atoms with Crippen LogP contribution in [0.4, 0.5) is 11.9 Å².